The highest BCUT2D eigenvalue weighted by atomic mass is 16.5. The minimum Gasteiger partial charge on any atom is -0.484 e. The number of furan rings is 1. The Hall–Kier alpha value is -2.95. The van der Waals surface area contributed by atoms with Gasteiger partial charge in [0, 0.05) is 5.70 Å². The quantitative estimate of drug-likeness (QED) is 0.594. The van der Waals surface area contributed by atoms with Crippen molar-refractivity contribution in [1.82, 2.24) is 10.9 Å². The Morgan fingerprint density at radius 2 is 1.92 bits per heavy atom. The molecule has 2 aromatic rings. The minimum absolute atomic E-state index is 0.0863. The lowest BCUT2D eigenvalue weighted by Crippen LogP contribution is -2.39. The van der Waals surface area contributed by atoms with Crippen LogP contribution in [-0.2, 0) is 10.2 Å². The van der Waals surface area contributed by atoms with Gasteiger partial charge >= 0.3 is 0 Å². The topological polar surface area (TPSA) is 63.5 Å². The predicted molar refractivity (Wildman–Crippen MR) is 98.8 cm³/mol. The Labute approximate surface area is 148 Å². The molecule has 0 saturated carbocycles. The molecule has 5 nitrogen and oxygen atoms in total. The average Bonchev–Trinajstić information content (AvgIpc) is 3.09. The molecule has 1 heterocycles. The summed E-state index contributed by atoms with van der Waals surface area (Å²) in [6.45, 7) is 10.1. The van der Waals surface area contributed by atoms with E-state index in [4.69, 9.17) is 9.15 Å². The molecule has 0 bridgehead atoms. The van der Waals surface area contributed by atoms with Crippen molar-refractivity contribution in [3.63, 3.8) is 0 Å². The number of ether oxygens (including phenoxy) is 1. The molecule has 0 aliphatic carbocycles. The zero-order valence-corrected chi connectivity index (χ0v) is 14.8. The maximum absolute atomic E-state index is 11.8. The number of amides is 1. The van der Waals surface area contributed by atoms with Crippen LogP contribution in [0.3, 0.4) is 0 Å². The smallest absolute Gasteiger partial charge is 0.276 e. The van der Waals surface area contributed by atoms with Gasteiger partial charge in [-0.15, -0.1) is 0 Å². The number of allylic oxidation sites excluding steroid dienone is 1. The molecule has 0 aliphatic heterocycles. The first-order valence-electron chi connectivity index (χ1n) is 8.03. The van der Waals surface area contributed by atoms with Crippen LogP contribution in [0.4, 0.5) is 0 Å². The van der Waals surface area contributed by atoms with Crippen molar-refractivity contribution >= 4 is 12.0 Å². The molecule has 2 N–H and O–H groups in total. The first-order valence-corrected chi connectivity index (χ1v) is 8.03. The Morgan fingerprint density at radius 1 is 1.20 bits per heavy atom. The largest absolute Gasteiger partial charge is 0.484 e. The number of carbonyl (C=O) groups excluding carboxylic acids is 1. The van der Waals surface area contributed by atoms with Gasteiger partial charge in [0.2, 0.25) is 0 Å². The molecule has 0 fully saturated rings. The Balaban J connectivity index is 1.72. The molecule has 1 aromatic heterocycles. The van der Waals surface area contributed by atoms with Crippen LogP contribution in [0.2, 0.25) is 0 Å². The lowest BCUT2D eigenvalue weighted by atomic mass is 9.87. The number of benzene rings is 1. The number of nitrogens with one attached hydrogen (secondary N) is 2. The van der Waals surface area contributed by atoms with Gasteiger partial charge in [0.05, 0.1) is 6.26 Å². The number of carbonyl (C=O) groups is 1. The third kappa shape index (κ3) is 6.22. The fourth-order valence-electron chi connectivity index (χ4n) is 2.00. The van der Waals surface area contributed by atoms with E-state index < -0.39 is 0 Å². The number of hydrogen-bond donors (Lipinski definition) is 2. The first-order chi connectivity index (χ1) is 11.8. The van der Waals surface area contributed by atoms with Crippen molar-refractivity contribution in [3.8, 4) is 5.75 Å². The van der Waals surface area contributed by atoms with Crippen LogP contribution >= 0.6 is 0 Å². The summed E-state index contributed by atoms with van der Waals surface area (Å²) in [6.07, 6.45) is 5.03. The van der Waals surface area contributed by atoms with Crippen LogP contribution in [0.25, 0.3) is 6.08 Å². The molecule has 0 radical (unpaired) electrons. The second kappa shape index (κ2) is 8.24. The molecule has 1 amide bonds. The zero-order chi connectivity index (χ0) is 18.3. The highest BCUT2D eigenvalue weighted by Crippen LogP contribution is 2.24. The van der Waals surface area contributed by atoms with E-state index in [1.807, 2.05) is 30.3 Å². The molecule has 2 rings (SSSR count). The molecule has 0 aliphatic rings. The van der Waals surface area contributed by atoms with Crippen molar-refractivity contribution in [2.75, 3.05) is 6.61 Å². The van der Waals surface area contributed by atoms with E-state index in [0.717, 1.165) is 0 Å². The molecule has 1 aromatic carbocycles. The fraction of sp³-hybridized carbons (Fsp3) is 0.250. The van der Waals surface area contributed by atoms with Gasteiger partial charge in [-0.3, -0.25) is 15.6 Å². The zero-order valence-electron chi connectivity index (χ0n) is 14.8. The van der Waals surface area contributed by atoms with E-state index in [1.54, 1.807) is 24.5 Å². The fourth-order valence-corrected chi connectivity index (χ4v) is 2.00. The van der Waals surface area contributed by atoms with Crippen molar-refractivity contribution in [2.45, 2.75) is 26.2 Å². The molecule has 0 spiro atoms. The van der Waals surface area contributed by atoms with Crippen LogP contribution in [0.15, 0.2) is 65.4 Å². The van der Waals surface area contributed by atoms with E-state index in [2.05, 4.69) is 38.2 Å². The summed E-state index contributed by atoms with van der Waals surface area (Å²) in [6, 6.07) is 11.4. The Morgan fingerprint density at radius 3 is 2.52 bits per heavy atom. The average molecular weight is 340 g/mol. The van der Waals surface area contributed by atoms with E-state index in [0.29, 0.717) is 17.2 Å². The van der Waals surface area contributed by atoms with Gasteiger partial charge < -0.3 is 9.15 Å². The summed E-state index contributed by atoms with van der Waals surface area (Å²) in [7, 11) is 0. The predicted octanol–water partition coefficient (Wildman–Crippen LogP) is 3.80. The second-order valence-corrected chi connectivity index (χ2v) is 6.61. The highest BCUT2D eigenvalue weighted by Gasteiger charge is 2.13. The Kier molecular flexibility index (Phi) is 6.06. The van der Waals surface area contributed by atoms with Gasteiger partial charge in [-0.1, -0.05) is 39.5 Å². The minimum atomic E-state index is -0.299. The van der Waals surface area contributed by atoms with Crippen LogP contribution in [0, 0.1) is 0 Å². The van der Waals surface area contributed by atoms with Crippen LogP contribution < -0.4 is 15.6 Å². The maximum Gasteiger partial charge on any atom is 0.276 e. The SMILES string of the molecule is C=C(C=Cc1ccco1)NNC(=O)COc1ccc(C(C)(C)C)cc1. The van der Waals surface area contributed by atoms with Crippen LogP contribution in [0.5, 0.6) is 5.75 Å². The van der Waals surface area contributed by atoms with E-state index in [1.165, 1.54) is 5.56 Å². The molecule has 5 heteroatoms. The van der Waals surface area contributed by atoms with E-state index >= 15 is 0 Å². The molecule has 0 unspecified atom stereocenters. The van der Waals surface area contributed by atoms with Crippen molar-refractivity contribution in [1.29, 1.82) is 0 Å². The highest BCUT2D eigenvalue weighted by molar-refractivity contribution is 5.77. The lowest BCUT2D eigenvalue weighted by Gasteiger charge is -2.19. The van der Waals surface area contributed by atoms with Gasteiger partial charge in [0.1, 0.15) is 11.5 Å². The van der Waals surface area contributed by atoms with Gasteiger partial charge in [0.15, 0.2) is 6.61 Å². The monoisotopic (exact) mass is 340 g/mol. The molecule has 25 heavy (non-hydrogen) atoms. The number of rotatable bonds is 7. The van der Waals surface area contributed by atoms with Crippen molar-refractivity contribution in [2.24, 2.45) is 0 Å². The molecular formula is C20H24N2O3. The first kappa shape index (κ1) is 18.4. The normalized spacial score (nSPS) is 11.3. The summed E-state index contributed by atoms with van der Waals surface area (Å²) in [5, 5.41) is 0. The third-order valence-corrected chi connectivity index (χ3v) is 3.44. The van der Waals surface area contributed by atoms with Gasteiger partial charge in [-0.25, -0.2) is 0 Å². The number of hydrogen-bond acceptors (Lipinski definition) is 4. The van der Waals surface area contributed by atoms with Crippen molar-refractivity contribution < 1.29 is 13.9 Å². The lowest BCUT2D eigenvalue weighted by molar-refractivity contribution is -0.123. The molecule has 132 valence electrons. The molecule has 0 atom stereocenters. The Bertz CT molecular complexity index is 723. The number of hydrazine groups is 1. The molecule has 0 saturated heterocycles. The van der Waals surface area contributed by atoms with E-state index in [9.17, 15) is 4.79 Å². The summed E-state index contributed by atoms with van der Waals surface area (Å²) in [4.78, 5) is 11.8. The summed E-state index contributed by atoms with van der Waals surface area (Å²) in [5.41, 5.74) is 7.06. The molecular weight excluding hydrogens is 316 g/mol. The second-order valence-electron chi connectivity index (χ2n) is 6.61. The maximum atomic E-state index is 11.8. The summed E-state index contributed by atoms with van der Waals surface area (Å²) >= 11 is 0. The van der Waals surface area contributed by atoms with Crippen LogP contribution in [0.1, 0.15) is 32.1 Å². The summed E-state index contributed by atoms with van der Waals surface area (Å²) in [5.74, 6) is 1.06. The van der Waals surface area contributed by atoms with Crippen molar-refractivity contribution in [3.05, 3.63) is 72.3 Å². The summed E-state index contributed by atoms with van der Waals surface area (Å²) < 4.78 is 10.6. The van der Waals surface area contributed by atoms with Gasteiger partial charge in [-0.05, 0) is 47.4 Å². The van der Waals surface area contributed by atoms with Crippen LogP contribution in [-0.4, -0.2) is 12.5 Å². The van der Waals surface area contributed by atoms with Gasteiger partial charge in [0.25, 0.3) is 5.91 Å². The third-order valence-electron chi connectivity index (χ3n) is 3.44. The van der Waals surface area contributed by atoms with Gasteiger partial charge in [-0.2, -0.15) is 0 Å². The standard InChI is InChI=1S/C20H24N2O3/c1-15(7-10-17-6-5-13-24-17)21-22-19(23)14-25-18-11-8-16(9-12-18)20(2,3)4/h5-13,21H,1,14H2,2-4H3,(H,22,23). The van der Waals surface area contributed by atoms with E-state index in [-0.39, 0.29) is 17.9 Å².